The van der Waals surface area contributed by atoms with Gasteiger partial charge in [-0.3, -0.25) is 4.79 Å². The second kappa shape index (κ2) is 4.72. The number of hydrogen-bond acceptors (Lipinski definition) is 4. The van der Waals surface area contributed by atoms with Crippen molar-refractivity contribution in [2.45, 2.75) is 13.0 Å². The lowest BCUT2D eigenvalue weighted by molar-refractivity contribution is -0.137. The van der Waals surface area contributed by atoms with Crippen molar-refractivity contribution in [3.8, 4) is 6.07 Å². The number of hydrogen-bond donors (Lipinski definition) is 2. The molecular formula is C13H11N3O2. The summed E-state index contributed by atoms with van der Waals surface area (Å²) in [6.07, 6.45) is 0. The largest absolute Gasteiger partial charge is 0.480 e. The van der Waals surface area contributed by atoms with Crippen molar-refractivity contribution in [2.75, 3.05) is 5.32 Å². The van der Waals surface area contributed by atoms with Crippen molar-refractivity contribution in [3.05, 3.63) is 35.9 Å². The molecule has 5 heteroatoms. The molecule has 0 radical (unpaired) electrons. The first kappa shape index (κ1) is 11.9. The fourth-order valence-electron chi connectivity index (χ4n) is 1.63. The van der Waals surface area contributed by atoms with Crippen molar-refractivity contribution in [1.82, 2.24) is 4.98 Å². The number of carbonyl (C=O) groups is 1. The molecule has 0 fully saturated rings. The van der Waals surface area contributed by atoms with E-state index in [-0.39, 0.29) is 0 Å². The second-order valence-corrected chi connectivity index (χ2v) is 3.89. The van der Waals surface area contributed by atoms with E-state index in [0.717, 1.165) is 5.39 Å². The lowest BCUT2D eigenvalue weighted by Crippen LogP contribution is -2.25. The summed E-state index contributed by atoms with van der Waals surface area (Å²) in [7, 11) is 0. The van der Waals surface area contributed by atoms with Gasteiger partial charge in [0.2, 0.25) is 0 Å². The number of aliphatic carboxylic acids is 1. The van der Waals surface area contributed by atoms with Gasteiger partial charge in [-0.05, 0) is 19.1 Å². The third kappa shape index (κ3) is 2.23. The van der Waals surface area contributed by atoms with E-state index in [4.69, 9.17) is 10.4 Å². The second-order valence-electron chi connectivity index (χ2n) is 3.89. The van der Waals surface area contributed by atoms with E-state index >= 15 is 0 Å². The normalized spacial score (nSPS) is 11.8. The zero-order valence-electron chi connectivity index (χ0n) is 9.71. The SMILES string of the molecule is CC(Nc1cc(C#N)c2ccccc2n1)C(=O)O. The molecule has 0 aliphatic heterocycles. The Morgan fingerprint density at radius 1 is 1.50 bits per heavy atom. The Labute approximate surface area is 104 Å². The summed E-state index contributed by atoms with van der Waals surface area (Å²) in [6, 6.07) is 10.1. The number of rotatable bonds is 3. The van der Waals surface area contributed by atoms with Crippen LogP contribution in [0.1, 0.15) is 12.5 Å². The van der Waals surface area contributed by atoms with E-state index in [2.05, 4.69) is 16.4 Å². The predicted octanol–water partition coefficient (Wildman–Crippen LogP) is 1.99. The molecule has 5 nitrogen and oxygen atoms in total. The Kier molecular flexibility index (Phi) is 3.11. The van der Waals surface area contributed by atoms with Crippen LogP contribution < -0.4 is 5.32 Å². The van der Waals surface area contributed by atoms with Gasteiger partial charge in [0.05, 0.1) is 17.1 Å². The summed E-state index contributed by atoms with van der Waals surface area (Å²) < 4.78 is 0. The molecule has 2 N–H and O–H groups in total. The van der Waals surface area contributed by atoms with E-state index in [1.54, 1.807) is 12.1 Å². The number of pyridine rings is 1. The van der Waals surface area contributed by atoms with E-state index in [0.29, 0.717) is 16.9 Å². The molecule has 2 rings (SSSR count). The molecule has 0 aliphatic rings. The molecule has 1 aromatic heterocycles. The molecule has 0 amide bonds. The summed E-state index contributed by atoms with van der Waals surface area (Å²) >= 11 is 0. The van der Waals surface area contributed by atoms with Gasteiger partial charge < -0.3 is 10.4 Å². The Morgan fingerprint density at radius 2 is 2.22 bits per heavy atom. The lowest BCUT2D eigenvalue weighted by Gasteiger charge is -2.11. The van der Waals surface area contributed by atoms with E-state index in [1.807, 2.05) is 18.2 Å². The van der Waals surface area contributed by atoms with Crippen molar-refractivity contribution < 1.29 is 9.90 Å². The maximum atomic E-state index is 10.8. The van der Waals surface area contributed by atoms with Gasteiger partial charge in [-0.2, -0.15) is 5.26 Å². The molecular weight excluding hydrogens is 230 g/mol. The molecule has 0 aliphatic carbocycles. The number of nitrogens with one attached hydrogen (secondary N) is 1. The minimum absolute atomic E-state index is 0.389. The molecule has 90 valence electrons. The average molecular weight is 241 g/mol. The van der Waals surface area contributed by atoms with Gasteiger partial charge in [0.15, 0.2) is 0 Å². The number of benzene rings is 1. The van der Waals surface area contributed by atoms with Gasteiger partial charge in [-0.15, -0.1) is 0 Å². The topological polar surface area (TPSA) is 86.0 Å². The highest BCUT2D eigenvalue weighted by molar-refractivity contribution is 5.87. The highest BCUT2D eigenvalue weighted by Crippen LogP contribution is 2.20. The molecule has 18 heavy (non-hydrogen) atoms. The van der Waals surface area contributed by atoms with Crippen molar-refractivity contribution in [2.24, 2.45) is 0 Å². The lowest BCUT2D eigenvalue weighted by atomic mass is 10.1. The Bertz CT molecular complexity index is 646. The van der Waals surface area contributed by atoms with Gasteiger partial charge >= 0.3 is 5.97 Å². The number of carboxylic acid groups (broad SMARTS) is 1. The first-order valence-electron chi connectivity index (χ1n) is 5.41. The quantitative estimate of drug-likeness (QED) is 0.858. The number of para-hydroxylation sites is 1. The molecule has 2 aromatic rings. The van der Waals surface area contributed by atoms with Crippen LogP contribution in [0, 0.1) is 11.3 Å². The van der Waals surface area contributed by atoms with Crippen LogP contribution in [0.2, 0.25) is 0 Å². The minimum Gasteiger partial charge on any atom is -0.480 e. The molecule has 1 atom stereocenters. The van der Waals surface area contributed by atoms with Gasteiger partial charge in [-0.1, -0.05) is 18.2 Å². The summed E-state index contributed by atoms with van der Waals surface area (Å²) in [6.45, 7) is 1.52. The van der Waals surface area contributed by atoms with Crippen LogP contribution in [0.3, 0.4) is 0 Å². The first-order valence-corrected chi connectivity index (χ1v) is 5.41. The average Bonchev–Trinajstić information content (AvgIpc) is 2.37. The highest BCUT2D eigenvalue weighted by Gasteiger charge is 2.12. The zero-order chi connectivity index (χ0) is 13.1. The number of fused-ring (bicyclic) bond motifs is 1. The standard InChI is InChI=1S/C13H11N3O2/c1-8(13(17)18)15-12-6-9(7-14)10-4-2-3-5-11(10)16-12/h2-6,8H,1H3,(H,15,16)(H,17,18). The Morgan fingerprint density at radius 3 is 2.89 bits per heavy atom. The monoisotopic (exact) mass is 241 g/mol. The van der Waals surface area contributed by atoms with Crippen LogP contribution in [0.4, 0.5) is 5.82 Å². The predicted molar refractivity (Wildman–Crippen MR) is 67.2 cm³/mol. The fraction of sp³-hybridized carbons (Fsp3) is 0.154. The maximum Gasteiger partial charge on any atom is 0.325 e. The van der Waals surface area contributed by atoms with Crippen LogP contribution in [-0.4, -0.2) is 22.1 Å². The smallest absolute Gasteiger partial charge is 0.325 e. The number of carboxylic acids is 1. The van der Waals surface area contributed by atoms with Crippen molar-refractivity contribution >= 4 is 22.7 Å². The van der Waals surface area contributed by atoms with Gasteiger partial charge in [0.25, 0.3) is 0 Å². The number of anilines is 1. The molecule has 1 heterocycles. The van der Waals surface area contributed by atoms with Crippen molar-refractivity contribution in [1.29, 1.82) is 5.26 Å². The summed E-state index contributed by atoms with van der Waals surface area (Å²) in [5.74, 6) is -0.580. The van der Waals surface area contributed by atoms with E-state index in [9.17, 15) is 4.79 Å². The van der Waals surface area contributed by atoms with Gasteiger partial charge in [0, 0.05) is 5.39 Å². The maximum absolute atomic E-state index is 10.8. The number of aromatic nitrogens is 1. The molecule has 1 aromatic carbocycles. The summed E-state index contributed by atoms with van der Waals surface area (Å²) in [4.78, 5) is 15.0. The van der Waals surface area contributed by atoms with Crippen LogP contribution in [0.15, 0.2) is 30.3 Å². The third-order valence-corrected chi connectivity index (χ3v) is 2.57. The Hall–Kier alpha value is -2.61. The third-order valence-electron chi connectivity index (χ3n) is 2.57. The minimum atomic E-state index is -0.969. The highest BCUT2D eigenvalue weighted by atomic mass is 16.4. The van der Waals surface area contributed by atoms with E-state index in [1.165, 1.54) is 6.92 Å². The first-order chi connectivity index (χ1) is 8.61. The molecule has 0 saturated heterocycles. The number of nitriles is 1. The molecule has 0 spiro atoms. The van der Waals surface area contributed by atoms with Gasteiger partial charge in [0.1, 0.15) is 11.9 Å². The fourth-order valence-corrected chi connectivity index (χ4v) is 1.63. The van der Waals surface area contributed by atoms with Crippen LogP contribution in [-0.2, 0) is 4.79 Å². The van der Waals surface area contributed by atoms with Gasteiger partial charge in [-0.25, -0.2) is 4.98 Å². The molecule has 0 saturated carbocycles. The summed E-state index contributed by atoms with van der Waals surface area (Å²) in [5.41, 5.74) is 1.14. The molecule has 1 unspecified atom stereocenters. The Balaban J connectivity index is 2.48. The van der Waals surface area contributed by atoms with Crippen LogP contribution in [0.25, 0.3) is 10.9 Å². The number of nitrogens with zero attached hydrogens (tertiary/aromatic N) is 2. The molecule has 0 bridgehead atoms. The van der Waals surface area contributed by atoms with Crippen LogP contribution in [0.5, 0.6) is 0 Å². The zero-order valence-corrected chi connectivity index (χ0v) is 9.71. The van der Waals surface area contributed by atoms with Crippen molar-refractivity contribution in [3.63, 3.8) is 0 Å². The van der Waals surface area contributed by atoms with E-state index < -0.39 is 12.0 Å². The van der Waals surface area contributed by atoms with Crippen LogP contribution >= 0.6 is 0 Å². The summed E-state index contributed by atoms with van der Waals surface area (Å²) in [5, 5.41) is 21.4.